The van der Waals surface area contributed by atoms with Gasteiger partial charge in [-0.05, 0) is 30.5 Å². The van der Waals surface area contributed by atoms with Crippen LogP contribution in [0, 0.1) is 5.41 Å². The number of ether oxygens (including phenoxy) is 1. The van der Waals surface area contributed by atoms with Gasteiger partial charge in [0.05, 0.1) is 12.5 Å². The van der Waals surface area contributed by atoms with Crippen LogP contribution in [0.3, 0.4) is 0 Å². The highest BCUT2D eigenvalue weighted by Crippen LogP contribution is 2.41. The van der Waals surface area contributed by atoms with E-state index in [1.807, 2.05) is 0 Å². The Balaban J connectivity index is 2.07. The van der Waals surface area contributed by atoms with E-state index in [1.165, 1.54) is 7.11 Å². The minimum atomic E-state index is -0.351. The average molecular weight is 278 g/mol. The molecule has 5 nitrogen and oxygen atoms in total. The number of phenolic OH excluding ortho intramolecular Hbond substituents is 1. The van der Waals surface area contributed by atoms with Crippen molar-refractivity contribution >= 4 is 5.91 Å². The molecule has 0 bridgehead atoms. The third-order valence-corrected chi connectivity index (χ3v) is 4.17. The number of amides is 1. The SMILES string of the molecule is COc1cc(CN(C)C(=O)C2(CN)CCC2)ccc1O. The van der Waals surface area contributed by atoms with Gasteiger partial charge >= 0.3 is 0 Å². The quantitative estimate of drug-likeness (QED) is 0.855. The van der Waals surface area contributed by atoms with E-state index in [-0.39, 0.29) is 17.1 Å². The van der Waals surface area contributed by atoms with Gasteiger partial charge in [-0.2, -0.15) is 0 Å². The number of phenols is 1. The third kappa shape index (κ3) is 2.58. The van der Waals surface area contributed by atoms with Crippen molar-refractivity contribution in [3.8, 4) is 11.5 Å². The van der Waals surface area contributed by atoms with Gasteiger partial charge in [0, 0.05) is 20.1 Å². The van der Waals surface area contributed by atoms with Crippen LogP contribution in [0.5, 0.6) is 11.5 Å². The Hall–Kier alpha value is -1.75. The van der Waals surface area contributed by atoms with Crippen LogP contribution in [0.25, 0.3) is 0 Å². The fourth-order valence-electron chi connectivity index (χ4n) is 2.68. The van der Waals surface area contributed by atoms with Gasteiger partial charge in [-0.3, -0.25) is 4.79 Å². The highest BCUT2D eigenvalue weighted by Gasteiger charge is 2.44. The summed E-state index contributed by atoms with van der Waals surface area (Å²) in [6, 6.07) is 5.11. The summed E-state index contributed by atoms with van der Waals surface area (Å²) in [6.07, 6.45) is 2.83. The van der Waals surface area contributed by atoms with Gasteiger partial charge in [-0.25, -0.2) is 0 Å². The highest BCUT2D eigenvalue weighted by atomic mass is 16.5. The Kier molecular flexibility index (Phi) is 4.18. The van der Waals surface area contributed by atoms with Crippen molar-refractivity contribution in [2.75, 3.05) is 20.7 Å². The molecule has 0 aliphatic heterocycles. The van der Waals surface area contributed by atoms with Gasteiger partial charge < -0.3 is 20.5 Å². The van der Waals surface area contributed by atoms with E-state index in [2.05, 4.69) is 0 Å². The number of nitrogens with two attached hydrogens (primary N) is 1. The van der Waals surface area contributed by atoms with Crippen LogP contribution < -0.4 is 10.5 Å². The number of nitrogens with zero attached hydrogens (tertiary/aromatic N) is 1. The molecule has 0 spiro atoms. The van der Waals surface area contributed by atoms with Crippen LogP contribution in [-0.4, -0.2) is 36.6 Å². The van der Waals surface area contributed by atoms with E-state index in [9.17, 15) is 9.90 Å². The zero-order valence-corrected chi connectivity index (χ0v) is 12.1. The molecule has 0 saturated heterocycles. The second-order valence-corrected chi connectivity index (χ2v) is 5.51. The maximum atomic E-state index is 12.5. The number of carbonyl (C=O) groups is 1. The zero-order valence-electron chi connectivity index (χ0n) is 12.1. The van der Waals surface area contributed by atoms with Crippen molar-refractivity contribution in [3.63, 3.8) is 0 Å². The molecule has 1 aliphatic carbocycles. The molecule has 2 rings (SSSR count). The van der Waals surface area contributed by atoms with E-state index in [0.29, 0.717) is 18.8 Å². The standard InChI is InChI=1S/C15H22N2O3/c1-17(14(19)15(10-16)6-3-7-15)9-11-4-5-12(18)13(8-11)20-2/h4-5,8,18H,3,6-7,9-10,16H2,1-2H3. The van der Waals surface area contributed by atoms with Gasteiger partial charge in [0.15, 0.2) is 11.5 Å². The van der Waals surface area contributed by atoms with E-state index in [4.69, 9.17) is 10.5 Å². The molecular weight excluding hydrogens is 256 g/mol. The highest BCUT2D eigenvalue weighted by molar-refractivity contribution is 5.83. The number of benzene rings is 1. The molecule has 3 N–H and O–H groups in total. The lowest BCUT2D eigenvalue weighted by Crippen LogP contribution is -2.50. The number of aromatic hydroxyl groups is 1. The third-order valence-electron chi connectivity index (χ3n) is 4.17. The molecule has 0 atom stereocenters. The van der Waals surface area contributed by atoms with Crippen LogP contribution in [0.2, 0.25) is 0 Å². The summed E-state index contributed by atoms with van der Waals surface area (Å²) in [5.41, 5.74) is 6.33. The summed E-state index contributed by atoms with van der Waals surface area (Å²) in [6.45, 7) is 0.895. The number of methoxy groups -OCH3 is 1. The molecule has 0 aromatic heterocycles. The Labute approximate surface area is 119 Å². The van der Waals surface area contributed by atoms with E-state index < -0.39 is 0 Å². The maximum absolute atomic E-state index is 12.5. The van der Waals surface area contributed by atoms with Crippen molar-refractivity contribution in [1.29, 1.82) is 0 Å². The van der Waals surface area contributed by atoms with Gasteiger partial charge in [0.25, 0.3) is 0 Å². The Morgan fingerprint density at radius 1 is 1.50 bits per heavy atom. The summed E-state index contributed by atoms with van der Waals surface area (Å²) in [5, 5.41) is 9.57. The van der Waals surface area contributed by atoms with Crippen molar-refractivity contribution in [2.24, 2.45) is 11.1 Å². The maximum Gasteiger partial charge on any atom is 0.230 e. The molecule has 0 radical (unpaired) electrons. The predicted molar refractivity (Wildman–Crippen MR) is 76.5 cm³/mol. The van der Waals surface area contributed by atoms with Gasteiger partial charge in [0.1, 0.15) is 0 Å². The summed E-state index contributed by atoms with van der Waals surface area (Å²) in [4.78, 5) is 14.2. The van der Waals surface area contributed by atoms with Crippen molar-refractivity contribution in [2.45, 2.75) is 25.8 Å². The normalized spacial score (nSPS) is 16.4. The monoisotopic (exact) mass is 278 g/mol. The largest absolute Gasteiger partial charge is 0.504 e. The molecule has 0 heterocycles. The summed E-state index contributed by atoms with van der Waals surface area (Å²) < 4.78 is 5.08. The predicted octanol–water partition coefficient (Wildman–Crippen LogP) is 1.49. The van der Waals surface area contributed by atoms with E-state index in [1.54, 1.807) is 30.1 Å². The van der Waals surface area contributed by atoms with E-state index in [0.717, 1.165) is 24.8 Å². The van der Waals surface area contributed by atoms with Gasteiger partial charge in [-0.1, -0.05) is 12.5 Å². The molecule has 1 aromatic carbocycles. The average Bonchev–Trinajstić information content (AvgIpc) is 2.40. The van der Waals surface area contributed by atoms with Crippen LogP contribution in [0.4, 0.5) is 0 Å². The van der Waals surface area contributed by atoms with Crippen LogP contribution in [0.15, 0.2) is 18.2 Å². The summed E-state index contributed by atoms with van der Waals surface area (Å²) >= 11 is 0. The lowest BCUT2D eigenvalue weighted by molar-refractivity contribution is -0.145. The zero-order chi connectivity index (χ0) is 14.8. The number of hydrogen-bond donors (Lipinski definition) is 2. The van der Waals surface area contributed by atoms with Crippen molar-refractivity contribution in [3.05, 3.63) is 23.8 Å². The number of rotatable bonds is 5. The van der Waals surface area contributed by atoms with Gasteiger partial charge in [-0.15, -0.1) is 0 Å². The number of carbonyl (C=O) groups excluding carboxylic acids is 1. The van der Waals surface area contributed by atoms with Crippen LogP contribution >= 0.6 is 0 Å². The second kappa shape index (κ2) is 5.71. The molecule has 20 heavy (non-hydrogen) atoms. The minimum absolute atomic E-state index is 0.0997. The smallest absolute Gasteiger partial charge is 0.230 e. The summed E-state index contributed by atoms with van der Waals surface area (Å²) in [7, 11) is 3.29. The van der Waals surface area contributed by atoms with Crippen molar-refractivity contribution < 1.29 is 14.6 Å². The first-order valence-corrected chi connectivity index (χ1v) is 6.84. The molecule has 0 unspecified atom stereocenters. The lowest BCUT2D eigenvalue weighted by atomic mass is 9.68. The molecule has 1 saturated carbocycles. The topological polar surface area (TPSA) is 75.8 Å². The molecule has 110 valence electrons. The molecular formula is C15H22N2O3. The molecule has 1 aliphatic rings. The number of hydrogen-bond acceptors (Lipinski definition) is 4. The van der Waals surface area contributed by atoms with E-state index >= 15 is 0 Å². The molecule has 1 aromatic rings. The fourth-order valence-corrected chi connectivity index (χ4v) is 2.68. The first-order chi connectivity index (χ1) is 9.52. The second-order valence-electron chi connectivity index (χ2n) is 5.51. The summed E-state index contributed by atoms with van der Waals surface area (Å²) in [5.74, 6) is 0.626. The molecule has 5 heteroatoms. The molecule has 1 amide bonds. The van der Waals surface area contributed by atoms with Gasteiger partial charge in [0.2, 0.25) is 5.91 Å². The Bertz CT molecular complexity index is 492. The lowest BCUT2D eigenvalue weighted by Gasteiger charge is -2.41. The first-order valence-electron chi connectivity index (χ1n) is 6.84. The van der Waals surface area contributed by atoms with Crippen LogP contribution in [-0.2, 0) is 11.3 Å². The van der Waals surface area contributed by atoms with Crippen molar-refractivity contribution in [1.82, 2.24) is 4.90 Å². The Morgan fingerprint density at radius 3 is 2.70 bits per heavy atom. The molecule has 1 fully saturated rings. The van der Waals surface area contributed by atoms with Crippen LogP contribution in [0.1, 0.15) is 24.8 Å². The fraction of sp³-hybridized carbons (Fsp3) is 0.533. The minimum Gasteiger partial charge on any atom is -0.504 e. The Morgan fingerprint density at radius 2 is 2.20 bits per heavy atom. The first kappa shape index (κ1) is 14.7.